The van der Waals surface area contributed by atoms with Crippen LogP contribution in [-0.2, 0) is 12.0 Å². The van der Waals surface area contributed by atoms with E-state index in [0.717, 1.165) is 4.88 Å². The van der Waals surface area contributed by atoms with Crippen molar-refractivity contribution in [3.63, 3.8) is 0 Å². The number of aliphatic hydroxyl groups is 1. The maximum absolute atomic E-state index is 12.2. The molecule has 2 N–H and O–H groups in total. The zero-order chi connectivity index (χ0) is 14.8. The van der Waals surface area contributed by atoms with Crippen molar-refractivity contribution in [3.05, 3.63) is 39.4 Å². The summed E-state index contributed by atoms with van der Waals surface area (Å²) in [6.07, 6.45) is 0.626. The molecule has 0 bridgehead atoms. The van der Waals surface area contributed by atoms with Gasteiger partial charge in [-0.1, -0.05) is 18.1 Å². The molecular formula is C14H18N2O3S. The number of rotatable bonds is 5. The Morgan fingerprint density at radius 1 is 1.60 bits per heavy atom. The van der Waals surface area contributed by atoms with Crippen LogP contribution >= 0.6 is 11.3 Å². The minimum Gasteiger partial charge on any atom is -0.383 e. The lowest BCUT2D eigenvalue weighted by Gasteiger charge is -2.22. The van der Waals surface area contributed by atoms with E-state index < -0.39 is 5.60 Å². The van der Waals surface area contributed by atoms with Crippen LogP contribution in [0.15, 0.2) is 22.0 Å². The summed E-state index contributed by atoms with van der Waals surface area (Å²) in [5.74, 6) is 0.229. The molecule has 0 fully saturated rings. The Hall–Kier alpha value is -1.66. The van der Waals surface area contributed by atoms with E-state index in [1.165, 1.54) is 11.3 Å². The molecule has 20 heavy (non-hydrogen) atoms. The van der Waals surface area contributed by atoms with Crippen molar-refractivity contribution in [2.24, 2.45) is 0 Å². The summed E-state index contributed by atoms with van der Waals surface area (Å²) in [5, 5.41) is 18.9. The number of hydrogen-bond donors (Lipinski definition) is 2. The van der Waals surface area contributed by atoms with Crippen LogP contribution in [0, 0.1) is 6.92 Å². The van der Waals surface area contributed by atoms with E-state index in [4.69, 9.17) is 4.52 Å². The summed E-state index contributed by atoms with van der Waals surface area (Å²) in [6, 6.07) is 3.72. The third kappa shape index (κ3) is 2.91. The van der Waals surface area contributed by atoms with E-state index in [0.29, 0.717) is 23.4 Å². The molecule has 0 unspecified atom stereocenters. The van der Waals surface area contributed by atoms with Gasteiger partial charge in [-0.05, 0) is 31.7 Å². The Balaban J connectivity index is 2.07. The monoisotopic (exact) mass is 294 g/mol. The number of carbonyl (C=O) groups is 1. The molecule has 0 aliphatic rings. The first-order chi connectivity index (χ1) is 9.45. The summed E-state index contributed by atoms with van der Waals surface area (Å²) in [4.78, 5) is 13.0. The number of hydrogen-bond acceptors (Lipinski definition) is 5. The molecule has 0 spiro atoms. The second-order valence-corrected chi connectivity index (χ2v) is 5.80. The SMILES string of the molecule is CCc1noc(C)c1C(=O)NC[C@@](C)(O)c1cccs1. The average Bonchev–Trinajstić information content (AvgIpc) is 3.05. The maximum Gasteiger partial charge on any atom is 0.256 e. The highest BCUT2D eigenvalue weighted by Gasteiger charge is 2.26. The molecule has 108 valence electrons. The first-order valence-corrected chi connectivity index (χ1v) is 7.33. The van der Waals surface area contributed by atoms with E-state index >= 15 is 0 Å². The molecule has 1 atom stereocenters. The zero-order valence-corrected chi connectivity index (χ0v) is 12.6. The third-order valence-corrected chi connectivity index (χ3v) is 4.26. The molecule has 0 radical (unpaired) electrons. The van der Waals surface area contributed by atoms with Crippen molar-refractivity contribution in [3.8, 4) is 0 Å². The Kier molecular flexibility index (Phi) is 4.25. The van der Waals surface area contributed by atoms with Crippen molar-refractivity contribution < 1.29 is 14.4 Å². The molecule has 0 aromatic carbocycles. The van der Waals surface area contributed by atoms with Crippen LogP contribution in [0.1, 0.15) is 40.5 Å². The van der Waals surface area contributed by atoms with Crippen molar-refractivity contribution in [2.45, 2.75) is 32.8 Å². The van der Waals surface area contributed by atoms with Crippen LogP contribution in [0.3, 0.4) is 0 Å². The van der Waals surface area contributed by atoms with Crippen LogP contribution in [0.4, 0.5) is 0 Å². The summed E-state index contributed by atoms with van der Waals surface area (Å²) in [7, 11) is 0. The van der Waals surface area contributed by atoms with Crippen molar-refractivity contribution >= 4 is 17.2 Å². The number of amides is 1. The molecular weight excluding hydrogens is 276 g/mol. The molecule has 2 rings (SSSR count). The molecule has 0 saturated carbocycles. The molecule has 6 heteroatoms. The largest absolute Gasteiger partial charge is 0.383 e. The molecule has 1 amide bonds. The molecule has 0 aliphatic carbocycles. The summed E-state index contributed by atoms with van der Waals surface area (Å²) < 4.78 is 5.04. The Morgan fingerprint density at radius 2 is 2.35 bits per heavy atom. The van der Waals surface area contributed by atoms with Crippen molar-refractivity contribution in [2.75, 3.05) is 6.54 Å². The van der Waals surface area contributed by atoms with Crippen LogP contribution in [-0.4, -0.2) is 22.7 Å². The molecule has 2 aromatic heterocycles. The topological polar surface area (TPSA) is 75.4 Å². The van der Waals surface area contributed by atoms with E-state index in [-0.39, 0.29) is 12.5 Å². The van der Waals surface area contributed by atoms with E-state index in [1.54, 1.807) is 13.8 Å². The van der Waals surface area contributed by atoms with E-state index in [1.807, 2.05) is 24.4 Å². The number of thiophene rings is 1. The number of aromatic nitrogens is 1. The predicted octanol–water partition coefficient (Wildman–Crippen LogP) is 2.24. The Morgan fingerprint density at radius 3 is 2.95 bits per heavy atom. The quantitative estimate of drug-likeness (QED) is 0.887. The minimum atomic E-state index is -1.08. The maximum atomic E-state index is 12.2. The fraction of sp³-hybridized carbons (Fsp3) is 0.429. The van der Waals surface area contributed by atoms with Gasteiger partial charge in [-0.3, -0.25) is 4.79 Å². The van der Waals surface area contributed by atoms with E-state index in [9.17, 15) is 9.90 Å². The second kappa shape index (κ2) is 5.76. The smallest absolute Gasteiger partial charge is 0.256 e. The van der Waals surface area contributed by atoms with Crippen LogP contribution in [0.25, 0.3) is 0 Å². The van der Waals surface area contributed by atoms with Gasteiger partial charge in [-0.25, -0.2) is 0 Å². The number of nitrogens with one attached hydrogen (secondary N) is 1. The lowest BCUT2D eigenvalue weighted by atomic mass is 10.0. The summed E-state index contributed by atoms with van der Waals surface area (Å²) in [6.45, 7) is 5.44. The highest BCUT2D eigenvalue weighted by atomic mass is 32.1. The van der Waals surface area contributed by atoms with Gasteiger partial charge in [0.1, 0.15) is 16.9 Å². The zero-order valence-electron chi connectivity index (χ0n) is 11.8. The number of aryl methyl sites for hydroxylation is 2. The van der Waals surface area contributed by atoms with Crippen molar-refractivity contribution in [1.29, 1.82) is 0 Å². The third-order valence-electron chi connectivity index (χ3n) is 3.14. The number of nitrogens with zero attached hydrogens (tertiary/aromatic N) is 1. The van der Waals surface area contributed by atoms with E-state index in [2.05, 4.69) is 10.5 Å². The van der Waals surface area contributed by atoms with Crippen molar-refractivity contribution in [1.82, 2.24) is 10.5 Å². The fourth-order valence-electron chi connectivity index (χ4n) is 1.96. The van der Waals surface area contributed by atoms with Gasteiger partial charge < -0.3 is 14.9 Å². The van der Waals surface area contributed by atoms with Crippen LogP contribution < -0.4 is 5.32 Å². The minimum absolute atomic E-state index is 0.139. The standard InChI is InChI=1S/C14H18N2O3S/c1-4-10-12(9(2)19-16-10)13(17)15-8-14(3,18)11-6-5-7-20-11/h5-7,18H,4,8H2,1-3H3,(H,15,17)/t14-/m1/s1. The first-order valence-electron chi connectivity index (χ1n) is 6.45. The Bertz CT molecular complexity index is 588. The molecule has 2 aromatic rings. The van der Waals surface area contributed by atoms with Gasteiger partial charge in [-0.2, -0.15) is 0 Å². The highest BCUT2D eigenvalue weighted by Crippen LogP contribution is 2.24. The fourth-order valence-corrected chi connectivity index (χ4v) is 2.75. The van der Waals surface area contributed by atoms with Gasteiger partial charge >= 0.3 is 0 Å². The van der Waals surface area contributed by atoms with Crippen LogP contribution in [0.5, 0.6) is 0 Å². The van der Waals surface area contributed by atoms with Gasteiger partial charge in [0.05, 0.1) is 12.2 Å². The molecule has 0 aliphatic heterocycles. The highest BCUT2D eigenvalue weighted by molar-refractivity contribution is 7.10. The summed E-state index contributed by atoms with van der Waals surface area (Å²) >= 11 is 1.46. The van der Waals surface area contributed by atoms with Gasteiger partial charge in [0.15, 0.2) is 0 Å². The lowest BCUT2D eigenvalue weighted by molar-refractivity contribution is 0.0556. The second-order valence-electron chi connectivity index (χ2n) is 4.85. The van der Waals surface area contributed by atoms with Gasteiger partial charge in [0.25, 0.3) is 5.91 Å². The Labute approximate surface area is 121 Å². The van der Waals surface area contributed by atoms with Gasteiger partial charge in [0.2, 0.25) is 0 Å². The average molecular weight is 294 g/mol. The predicted molar refractivity (Wildman–Crippen MR) is 76.8 cm³/mol. The normalized spacial score (nSPS) is 14.0. The first kappa shape index (κ1) is 14.7. The molecule has 2 heterocycles. The lowest BCUT2D eigenvalue weighted by Crippen LogP contribution is -2.38. The van der Waals surface area contributed by atoms with Crippen LogP contribution in [0.2, 0.25) is 0 Å². The number of carbonyl (C=O) groups excluding carboxylic acids is 1. The molecule has 5 nitrogen and oxygen atoms in total. The summed E-state index contributed by atoms with van der Waals surface area (Å²) in [5.41, 5.74) is 0.0200. The van der Waals surface area contributed by atoms with Gasteiger partial charge in [0, 0.05) is 4.88 Å². The molecule has 0 saturated heterocycles. The van der Waals surface area contributed by atoms with Gasteiger partial charge in [-0.15, -0.1) is 11.3 Å².